The Kier molecular flexibility index (Phi) is 7.55. The number of hydrogen-bond donors (Lipinski definition) is 2. The Morgan fingerprint density at radius 3 is 2.48 bits per heavy atom. The highest BCUT2D eigenvalue weighted by molar-refractivity contribution is 7.90. The number of benzene rings is 3. The van der Waals surface area contributed by atoms with Gasteiger partial charge >= 0.3 is 6.03 Å². The summed E-state index contributed by atoms with van der Waals surface area (Å²) < 4.78 is 48.0. The first-order chi connectivity index (χ1) is 19.1. The van der Waals surface area contributed by atoms with Crippen LogP contribution in [0, 0.1) is 5.82 Å². The van der Waals surface area contributed by atoms with E-state index >= 15 is 0 Å². The zero-order valence-corrected chi connectivity index (χ0v) is 23.3. The molecule has 1 spiro atoms. The van der Waals surface area contributed by atoms with E-state index in [0.717, 1.165) is 24.0 Å². The molecule has 2 aliphatic rings. The van der Waals surface area contributed by atoms with Crippen LogP contribution in [0.25, 0.3) is 0 Å². The van der Waals surface area contributed by atoms with Crippen LogP contribution in [0.5, 0.6) is 5.75 Å². The van der Waals surface area contributed by atoms with Gasteiger partial charge in [-0.1, -0.05) is 44.2 Å². The van der Waals surface area contributed by atoms with Crippen molar-refractivity contribution in [3.05, 3.63) is 89.2 Å². The molecule has 3 amide bonds. The lowest BCUT2D eigenvalue weighted by molar-refractivity contribution is -0.00459. The highest BCUT2D eigenvalue weighted by Crippen LogP contribution is 2.39. The summed E-state index contributed by atoms with van der Waals surface area (Å²) in [6.45, 7) is 4.75. The number of likely N-dealkylation sites (tertiary alicyclic amines) is 1. The quantitative estimate of drug-likeness (QED) is 0.428. The molecule has 5 rings (SSSR count). The van der Waals surface area contributed by atoms with E-state index in [2.05, 4.69) is 10.0 Å². The van der Waals surface area contributed by atoms with Crippen LogP contribution < -0.4 is 14.8 Å². The number of piperidine rings is 1. The maximum atomic E-state index is 13.7. The molecule has 0 radical (unpaired) electrons. The van der Waals surface area contributed by atoms with Crippen LogP contribution >= 0.6 is 0 Å². The van der Waals surface area contributed by atoms with Crippen molar-refractivity contribution in [2.24, 2.45) is 0 Å². The largest absolute Gasteiger partial charge is 0.487 e. The summed E-state index contributed by atoms with van der Waals surface area (Å²) in [5.74, 6) is -0.498. The standard InChI is InChI=1S/C30H32FN3O5S/c1-20(2)22-6-5-7-24(18-22)40(37,38)33-28(35)25-8-3-4-9-26(25)32-29(36)34-16-14-30(15-17-34)13-12-21-10-11-23(31)19-27(21)39-30/h3-11,18-20H,12-17H2,1-2H3,(H,32,36)(H,33,35). The molecule has 210 valence electrons. The number of rotatable bonds is 5. The lowest BCUT2D eigenvalue weighted by Gasteiger charge is -2.44. The Balaban J connectivity index is 1.24. The van der Waals surface area contributed by atoms with Crippen molar-refractivity contribution in [3.8, 4) is 5.75 Å². The first-order valence-electron chi connectivity index (χ1n) is 13.3. The fourth-order valence-corrected chi connectivity index (χ4v) is 6.23. The number of nitrogens with one attached hydrogen (secondary N) is 2. The van der Waals surface area contributed by atoms with Crippen molar-refractivity contribution in [1.29, 1.82) is 0 Å². The van der Waals surface area contributed by atoms with Crippen LogP contribution in [0.3, 0.4) is 0 Å². The van der Waals surface area contributed by atoms with Gasteiger partial charge in [-0.2, -0.15) is 0 Å². The van der Waals surface area contributed by atoms with Crippen molar-refractivity contribution in [1.82, 2.24) is 9.62 Å². The SMILES string of the molecule is CC(C)c1cccc(S(=O)(=O)NC(=O)c2ccccc2NC(=O)N2CCC3(CCc4ccc(F)cc4O3)CC2)c1. The molecule has 8 nitrogen and oxygen atoms in total. The van der Waals surface area contributed by atoms with E-state index < -0.39 is 27.6 Å². The Labute approximate surface area is 233 Å². The third-order valence-corrected chi connectivity index (χ3v) is 8.97. The van der Waals surface area contributed by atoms with Gasteiger partial charge in [0.2, 0.25) is 0 Å². The van der Waals surface area contributed by atoms with E-state index in [4.69, 9.17) is 4.74 Å². The average Bonchev–Trinajstić information content (AvgIpc) is 2.93. The number of halogens is 1. The van der Waals surface area contributed by atoms with Gasteiger partial charge in [0.25, 0.3) is 15.9 Å². The minimum Gasteiger partial charge on any atom is -0.487 e. The first kappa shape index (κ1) is 27.6. The maximum absolute atomic E-state index is 13.7. The Morgan fingerprint density at radius 1 is 0.975 bits per heavy atom. The number of ether oxygens (including phenoxy) is 1. The van der Waals surface area contributed by atoms with Gasteiger partial charge in [0.05, 0.1) is 16.1 Å². The molecule has 2 N–H and O–H groups in total. The van der Waals surface area contributed by atoms with Gasteiger partial charge in [0.15, 0.2) is 0 Å². The Bertz CT molecular complexity index is 1550. The van der Waals surface area contributed by atoms with Crippen molar-refractivity contribution in [2.45, 2.75) is 55.9 Å². The molecule has 2 aliphatic heterocycles. The number of aryl methyl sites for hydroxylation is 1. The topological polar surface area (TPSA) is 105 Å². The molecular formula is C30H32FN3O5S. The number of hydrogen-bond acceptors (Lipinski definition) is 5. The number of carbonyl (C=O) groups is 2. The zero-order valence-electron chi connectivity index (χ0n) is 22.4. The lowest BCUT2D eigenvalue weighted by atomic mass is 9.83. The van der Waals surface area contributed by atoms with Gasteiger partial charge in [0.1, 0.15) is 17.2 Å². The number of amides is 3. The Hall–Kier alpha value is -3.92. The van der Waals surface area contributed by atoms with Crippen LogP contribution in [0.1, 0.15) is 60.5 Å². The number of fused-ring (bicyclic) bond motifs is 1. The van der Waals surface area contributed by atoms with E-state index in [9.17, 15) is 22.4 Å². The van der Waals surface area contributed by atoms with E-state index in [1.54, 1.807) is 41.3 Å². The zero-order chi connectivity index (χ0) is 28.5. The molecule has 0 atom stereocenters. The Morgan fingerprint density at radius 2 is 1.73 bits per heavy atom. The van der Waals surface area contributed by atoms with E-state index in [-0.39, 0.29) is 27.9 Å². The second kappa shape index (κ2) is 10.9. The minimum absolute atomic E-state index is 0.00824. The number of nitrogens with zero attached hydrogens (tertiary/aromatic N) is 1. The predicted octanol–water partition coefficient (Wildman–Crippen LogP) is 5.46. The van der Waals surface area contributed by atoms with Crippen molar-refractivity contribution in [3.63, 3.8) is 0 Å². The molecule has 3 aromatic rings. The number of anilines is 1. The highest BCUT2D eigenvalue weighted by Gasteiger charge is 2.40. The minimum atomic E-state index is -4.13. The van der Waals surface area contributed by atoms with E-state index in [1.165, 1.54) is 24.3 Å². The molecule has 0 bridgehead atoms. The molecular weight excluding hydrogens is 533 g/mol. The molecule has 10 heteroatoms. The summed E-state index contributed by atoms with van der Waals surface area (Å²) in [4.78, 5) is 27.8. The fraction of sp³-hybridized carbons (Fsp3) is 0.333. The average molecular weight is 566 g/mol. The highest BCUT2D eigenvalue weighted by atomic mass is 32.2. The fourth-order valence-electron chi connectivity index (χ4n) is 5.21. The molecule has 1 fully saturated rings. The maximum Gasteiger partial charge on any atom is 0.321 e. The van der Waals surface area contributed by atoms with Gasteiger partial charge in [-0.3, -0.25) is 4.79 Å². The molecule has 2 heterocycles. The molecule has 0 aliphatic carbocycles. The normalized spacial score (nSPS) is 16.2. The van der Waals surface area contributed by atoms with E-state index in [0.29, 0.717) is 31.7 Å². The lowest BCUT2D eigenvalue weighted by Crippen LogP contribution is -2.52. The molecule has 1 saturated heterocycles. The first-order valence-corrected chi connectivity index (χ1v) is 14.8. The second-order valence-corrected chi connectivity index (χ2v) is 12.3. The van der Waals surface area contributed by atoms with Crippen LogP contribution in [0.2, 0.25) is 0 Å². The van der Waals surface area contributed by atoms with Gasteiger partial charge < -0.3 is 15.0 Å². The predicted molar refractivity (Wildman–Crippen MR) is 150 cm³/mol. The van der Waals surface area contributed by atoms with Gasteiger partial charge in [-0.25, -0.2) is 22.3 Å². The van der Waals surface area contributed by atoms with Gasteiger partial charge in [0, 0.05) is 32.0 Å². The summed E-state index contributed by atoms with van der Waals surface area (Å²) >= 11 is 0. The van der Waals surface area contributed by atoms with E-state index in [1.807, 2.05) is 19.9 Å². The summed E-state index contributed by atoms with van der Waals surface area (Å²) in [5, 5.41) is 2.77. The van der Waals surface area contributed by atoms with Crippen LogP contribution in [0.4, 0.5) is 14.9 Å². The van der Waals surface area contributed by atoms with Crippen LogP contribution in [-0.2, 0) is 16.4 Å². The smallest absolute Gasteiger partial charge is 0.321 e. The number of carbonyl (C=O) groups excluding carboxylic acids is 2. The molecule has 3 aromatic carbocycles. The van der Waals surface area contributed by atoms with Crippen LogP contribution in [-0.4, -0.2) is 43.9 Å². The molecule has 0 aromatic heterocycles. The van der Waals surface area contributed by atoms with Gasteiger partial charge in [-0.15, -0.1) is 0 Å². The van der Waals surface area contributed by atoms with Crippen molar-refractivity contribution in [2.75, 3.05) is 18.4 Å². The molecule has 0 saturated carbocycles. The van der Waals surface area contributed by atoms with Crippen molar-refractivity contribution < 1.29 is 27.1 Å². The number of para-hydroxylation sites is 1. The third kappa shape index (κ3) is 5.82. The summed E-state index contributed by atoms with van der Waals surface area (Å²) in [6.07, 6.45) is 2.76. The summed E-state index contributed by atoms with van der Waals surface area (Å²) in [7, 11) is -4.13. The van der Waals surface area contributed by atoms with Gasteiger partial charge in [-0.05, 0) is 60.2 Å². The second-order valence-electron chi connectivity index (χ2n) is 10.7. The number of sulfonamides is 1. The summed E-state index contributed by atoms with van der Waals surface area (Å²) in [6, 6.07) is 16.9. The van der Waals surface area contributed by atoms with Crippen LogP contribution in [0.15, 0.2) is 71.6 Å². The third-order valence-electron chi connectivity index (χ3n) is 7.64. The molecule has 0 unspecified atom stereocenters. The monoisotopic (exact) mass is 565 g/mol. The van der Waals surface area contributed by atoms with Crippen molar-refractivity contribution >= 4 is 27.6 Å². The number of urea groups is 1. The summed E-state index contributed by atoms with van der Waals surface area (Å²) in [5.41, 5.74) is 1.60. The molecule has 40 heavy (non-hydrogen) atoms.